The highest BCUT2D eigenvalue weighted by Crippen LogP contribution is 2.18. The van der Waals surface area contributed by atoms with E-state index in [0.29, 0.717) is 12.6 Å². The van der Waals surface area contributed by atoms with Crippen molar-refractivity contribution in [2.24, 2.45) is 4.99 Å². The number of hydrogen-bond donors (Lipinski definition) is 3. The van der Waals surface area contributed by atoms with Gasteiger partial charge < -0.3 is 15.7 Å². The van der Waals surface area contributed by atoms with Crippen LogP contribution in [0.15, 0.2) is 29.3 Å². The van der Waals surface area contributed by atoms with Crippen molar-refractivity contribution in [1.29, 1.82) is 0 Å². The number of rotatable bonds is 5. The van der Waals surface area contributed by atoms with Gasteiger partial charge in [0.15, 0.2) is 5.96 Å². The lowest BCUT2D eigenvalue weighted by Crippen LogP contribution is -2.38. The summed E-state index contributed by atoms with van der Waals surface area (Å²) in [6, 6.07) is 8.49. The number of aliphatic hydroxyl groups is 1. The molecule has 0 bridgehead atoms. The lowest BCUT2D eigenvalue weighted by atomic mass is 10.1. The summed E-state index contributed by atoms with van der Waals surface area (Å²) in [5.74, 6) is 0.802. The minimum atomic E-state index is -0.546. The maximum atomic E-state index is 10.1. The molecule has 4 nitrogen and oxygen atoms in total. The molecule has 1 aliphatic carbocycles. The standard InChI is InChI=1S/C15H23N3O/c1-3-16-15(18-13-8-9-13)17-10-14(19)12-6-4-11(2)5-7-12/h4-7,13-14,19H,3,8-10H2,1-2H3,(H2,16,17,18). The van der Waals surface area contributed by atoms with Gasteiger partial charge in [0.1, 0.15) is 0 Å². The molecule has 19 heavy (non-hydrogen) atoms. The van der Waals surface area contributed by atoms with E-state index in [1.54, 1.807) is 0 Å². The van der Waals surface area contributed by atoms with Crippen molar-refractivity contribution in [1.82, 2.24) is 10.6 Å². The average molecular weight is 261 g/mol. The maximum Gasteiger partial charge on any atom is 0.191 e. The van der Waals surface area contributed by atoms with Crippen LogP contribution < -0.4 is 10.6 Å². The second kappa shape index (κ2) is 6.57. The molecule has 3 N–H and O–H groups in total. The van der Waals surface area contributed by atoms with Gasteiger partial charge in [-0.05, 0) is 32.3 Å². The van der Waals surface area contributed by atoms with Gasteiger partial charge in [0, 0.05) is 12.6 Å². The van der Waals surface area contributed by atoms with Crippen LogP contribution in [-0.2, 0) is 0 Å². The molecule has 1 saturated carbocycles. The lowest BCUT2D eigenvalue weighted by Gasteiger charge is -2.13. The van der Waals surface area contributed by atoms with Crippen LogP contribution in [0.2, 0.25) is 0 Å². The van der Waals surface area contributed by atoms with Gasteiger partial charge in [-0.25, -0.2) is 0 Å². The topological polar surface area (TPSA) is 56.7 Å². The fraction of sp³-hybridized carbons (Fsp3) is 0.533. The van der Waals surface area contributed by atoms with Crippen molar-refractivity contribution >= 4 is 5.96 Å². The molecule has 0 aromatic heterocycles. The minimum absolute atomic E-state index is 0.380. The zero-order valence-electron chi connectivity index (χ0n) is 11.7. The van der Waals surface area contributed by atoms with E-state index in [1.165, 1.54) is 18.4 Å². The molecule has 104 valence electrons. The molecule has 1 aliphatic rings. The van der Waals surface area contributed by atoms with Gasteiger partial charge in [-0.15, -0.1) is 0 Å². The number of aliphatic hydroxyl groups excluding tert-OH is 1. The van der Waals surface area contributed by atoms with Crippen molar-refractivity contribution in [2.75, 3.05) is 13.1 Å². The zero-order chi connectivity index (χ0) is 13.7. The Morgan fingerprint density at radius 3 is 2.63 bits per heavy atom. The Morgan fingerprint density at radius 1 is 1.37 bits per heavy atom. The van der Waals surface area contributed by atoms with E-state index in [1.807, 2.05) is 38.1 Å². The Balaban J connectivity index is 1.91. The predicted molar refractivity (Wildman–Crippen MR) is 78.3 cm³/mol. The van der Waals surface area contributed by atoms with E-state index in [9.17, 15) is 5.11 Å². The molecule has 0 heterocycles. The largest absolute Gasteiger partial charge is 0.386 e. The fourth-order valence-corrected chi connectivity index (χ4v) is 1.81. The Hall–Kier alpha value is -1.55. The van der Waals surface area contributed by atoms with Gasteiger partial charge in [-0.2, -0.15) is 0 Å². The number of aliphatic imine (C=N–C) groups is 1. The summed E-state index contributed by atoms with van der Waals surface area (Å²) < 4.78 is 0. The molecule has 0 aliphatic heterocycles. The first-order valence-corrected chi connectivity index (χ1v) is 6.98. The summed E-state index contributed by atoms with van der Waals surface area (Å²) in [4.78, 5) is 4.44. The lowest BCUT2D eigenvalue weighted by molar-refractivity contribution is 0.187. The van der Waals surface area contributed by atoms with Crippen LogP contribution in [0, 0.1) is 6.92 Å². The highest BCUT2D eigenvalue weighted by Gasteiger charge is 2.22. The number of hydrogen-bond acceptors (Lipinski definition) is 2. The first-order valence-electron chi connectivity index (χ1n) is 6.98. The third-order valence-corrected chi connectivity index (χ3v) is 3.15. The molecule has 1 atom stereocenters. The van der Waals surface area contributed by atoms with Crippen molar-refractivity contribution in [3.63, 3.8) is 0 Å². The smallest absolute Gasteiger partial charge is 0.191 e. The van der Waals surface area contributed by atoms with Gasteiger partial charge in [0.25, 0.3) is 0 Å². The monoisotopic (exact) mass is 261 g/mol. The molecule has 1 aromatic rings. The SMILES string of the molecule is CCNC(=NCC(O)c1ccc(C)cc1)NC1CC1. The number of nitrogens with one attached hydrogen (secondary N) is 2. The molecule has 0 radical (unpaired) electrons. The number of benzene rings is 1. The van der Waals surface area contributed by atoms with Crippen LogP contribution in [-0.4, -0.2) is 30.2 Å². The Labute approximate surface area is 114 Å². The fourth-order valence-electron chi connectivity index (χ4n) is 1.81. The molecule has 1 fully saturated rings. The molecule has 0 saturated heterocycles. The van der Waals surface area contributed by atoms with Crippen molar-refractivity contribution < 1.29 is 5.11 Å². The Morgan fingerprint density at radius 2 is 2.05 bits per heavy atom. The third-order valence-electron chi connectivity index (χ3n) is 3.15. The second-order valence-corrected chi connectivity index (χ2v) is 5.06. The molecule has 0 spiro atoms. The van der Waals surface area contributed by atoms with Crippen LogP contribution in [0.5, 0.6) is 0 Å². The molecule has 1 aromatic carbocycles. The number of guanidine groups is 1. The van der Waals surface area contributed by atoms with Crippen molar-refractivity contribution in [3.8, 4) is 0 Å². The summed E-state index contributed by atoms with van der Waals surface area (Å²) in [6.07, 6.45) is 1.88. The number of aryl methyl sites for hydroxylation is 1. The summed E-state index contributed by atoms with van der Waals surface area (Å²) in [7, 11) is 0. The highest BCUT2D eigenvalue weighted by atomic mass is 16.3. The first-order chi connectivity index (χ1) is 9.19. The average Bonchev–Trinajstić information content (AvgIpc) is 3.21. The van der Waals surface area contributed by atoms with Crippen LogP contribution in [0.4, 0.5) is 0 Å². The minimum Gasteiger partial charge on any atom is -0.386 e. The summed E-state index contributed by atoms with van der Waals surface area (Å²) in [6.45, 7) is 5.29. The molecular formula is C15H23N3O. The molecule has 0 amide bonds. The van der Waals surface area contributed by atoms with Crippen molar-refractivity contribution in [2.45, 2.75) is 38.8 Å². The highest BCUT2D eigenvalue weighted by molar-refractivity contribution is 5.80. The zero-order valence-corrected chi connectivity index (χ0v) is 11.7. The van der Waals surface area contributed by atoms with Gasteiger partial charge in [0.05, 0.1) is 12.6 Å². The van der Waals surface area contributed by atoms with E-state index >= 15 is 0 Å². The van der Waals surface area contributed by atoms with Crippen LogP contribution >= 0.6 is 0 Å². The van der Waals surface area contributed by atoms with E-state index in [-0.39, 0.29) is 0 Å². The van der Waals surface area contributed by atoms with E-state index < -0.39 is 6.10 Å². The van der Waals surface area contributed by atoms with Crippen LogP contribution in [0.1, 0.15) is 37.0 Å². The molecular weight excluding hydrogens is 238 g/mol. The summed E-state index contributed by atoms with van der Waals surface area (Å²) in [5, 5.41) is 16.6. The summed E-state index contributed by atoms with van der Waals surface area (Å²) in [5.41, 5.74) is 2.11. The molecule has 1 unspecified atom stereocenters. The second-order valence-electron chi connectivity index (χ2n) is 5.06. The molecule has 4 heteroatoms. The van der Waals surface area contributed by atoms with Crippen LogP contribution in [0.25, 0.3) is 0 Å². The number of nitrogens with zero attached hydrogens (tertiary/aromatic N) is 1. The van der Waals surface area contributed by atoms with E-state index in [4.69, 9.17) is 0 Å². The van der Waals surface area contributed by atoms with E-state index in [0.717, 1.165) is 18.1 Å². The third kappa shape index (κ3) is 4.56. The van der Waals surface area contributed by atoms with Crippen LogP contribution in [0.3, 0.4) is 0 Å². The quantitative estimate of drug-likeness (QED) is 0.559. The van der Waals surface area contributed by atoms with Crippen molar-refractivity contribution in [3.05, 3.63) is 35.4 Å². The Kier molecular flexibility index (Phi) is 4.80. The Bertz CT molecular complexity index is 424. The van der Waals surface area contributed by atoms with Gasteiger partial charge in [-0.1, -0.05) is 29.8 Å². The van der Waals surface area contributed by atoms with Gasteiger partial charge in [0.2, 0.25) is 0 Å². The molecule has 2 rings (SSSR count). The van der Waals surface area contributed by atoms with E-state index in [2.05, 4.69) is 15.6 Å². The maximum absolute atomic E-state index is 10.1. The van der Waals surface area contributed by atoms with Gasteiger partial charge in [-0.3, -0.25) is 4.99 Å². The van der Waals surface area contributed by atoms with Gasteiger partial charge >= 0.3 is 0 Å². The normalized spacial score (nSPS) is 17.1. The summed E-state index contributed by atoms with van der Waals surface area (Å²) >= 11 is 0. The predicted octanol–water partition coefficient (Wildman–Crippen LogP) is 1.75. The first kappa shape index (κ1) is 13.9.